The maximum absolute atomic E-state index is 12.4. The third-order valence-corrected chi connectivity index (χ3v) is 6.84. The Hall–Kier alpha value is -0.930. The molecule has 1 saturated heterocycles. The van der Waals surface area contributed by atoms with Crippen molar-refractivity contribution in [3.8, 4) is 0 Å². The molecule has 0 atom stereocenters. The normalized spacial score (nSPS) is 16.7. The maximum atomic E-state index is 12.4. The van der Waals surface area contributed by atoms with Crippen LogP contribution in [0.25, 0.3) is 0 Å². The van der Waals surface area contributed by atoms with E-state index in [4.69, 9.17) is 23.2 Å². The molecule has 2 aromatic heterocycles. The second-order valence-corrected chi connectivity index (χ2v) is 9.09. The van der Waals surface area contributed by atoms with E-state index >= 15 is 0 Å². The van der Waals surface area contributed by atoms with Crippen LogP contribution in [0, 0.1) is 0 Å². The number of hydrogen-bond donors (Lipinski definition) is 1. The molecule has 1 fully saturated rings. The smallest absolute Gasteiger partial charge is 0.243 e. The number of nitrogens with one attached hydrogen (secondary N) is 1. The van der Waals surface area contributed by atoms with E-state index in [9.17, 15) is 8.42 Å². The standard InChI is InChI=1S/C13H14Cl2N4O2S2/c14-11-8-10(12(15)22-11)23(20,21)18-9-2-6-19(7-3-9)13-16-4-1-5-17-13/h1,4-5,8-9,18H,2-3,6-7H2. The summed E-state index contributed by atoms with van der Waals surface area (Å²) in [6.07, 6.45) is 4.73. The highest BCUT2D eigenvalue weighted by atomic mass is 35.5. The summed E-state index contributed by atoms with van der Waals surface area (Å²) < 4.78 is 28.0. The molecule has 0 spiro atoms. The first-order chi connectivity index (χ1) is 11.0. The summed E-state index contributed by atoms with van der Waals surface area (Å²) in [6.45, 7) is 1.38. The number of sulfonamides is 1. The molecular weight excluding hydrogens is 379 g/mol. The number of piperidine rings is 1. The summed E-state index contributed by atoms with van der Waals surface area (Å²) in [4.78, 5) is 10.5. The Balaban J connectivity index is 1.63. The van der Waals surface area contributed by atoms with Crippen molar-refractivity contribution >= 4 is 50.5 Å². The summed E-state index contributed by atoms with van der Waals surface area (Å²) >= 11 is 12.8. The van der Waals surface area contributed by atoms with Crippen LogP contribution in [0.5, 0.6) is 0 Å². The van der Waals surface area contributed by atoms with Crippen LogP contribution in [0.2, 0.25) is 8.67 Å². The molecule has 0 aliphatic carbocycles. The van der Waals surface area contributed by atoms with Gasteiger partial charge in [0.1, 0.15) is 9.23 Å². The van der Waals surface area contributed by atoms with Crippen LogP contribution >= 0.6 is 34.5 Å². The van der Waals surface area contributed by atoms with Crippen molar-refractivity contribution in [2.45, 2.75) is 23.8 Å². The molecule has 0 unspecified atom stereocenters. The van der Waals surface area contributed by atoms with Gasteiger partial charge in [0.25, 0.3) is 0 Å². The van der Waals surface area contributed by atoms with Crippen LogP contribution in [0.3, 0.4) is 0 Å². The molecule has 3 heterocycles. The lowest BCUT2D eigenvalue weighted by Gasteiger charge is -2.32. The van der Waals surface area contributed by atoms with Crippen molar-refractivity contribution < 1.29 is 8.42 Å². The van der Waals surface area contributed by atoms with Gasteiger partial charge in [0, 0.05) is 31.5 Å². The Bertz CT molecular complexity index is 775. The lowest BCUT2D eigenvalue weighted by molar-refractivity contribution is 0.456. The van der Waals surface area contributed by atoms with Gasteiger partial charge in [-0.1, -0.05) is 23.2 Å². The Morgan fingerprint density at radius 2 is 1.87 bits per heavy atom. The first-order valence-corrected chi connectivity index (χ1v) is 10.0. The first kappa shape index (κ1) is 16.9. The van der Waals surface area contributed by atoms with Gasteiger partial charge in [0.2, 0.25) is 16.0 Å². The van der Waals surface area contributed by atoms with E-state index in [-0.39, 0.29) is 15.3 Å². The largest absolute Gasteiger partial charge is 0.341 e. The average molecular weight is 393 g/mol. The lowest BCUT2D eigenvalue weighted by atomic mass is 10.1. The minimum Gasteiger partial charge on any atom is -0.341 e. The molecule has 0 radical (unpaired) electrons. The number of hydrogen-bond acceptors (Lipinski definition) is 6. The molecule has 6 nitrogen and oxygen atoms in total. The quantitative estimate of drug-likeness (QED) is 0.865. The molecule has 0 saturated carbocycles. The topological polar surface area (TPSA) is 75.2 Å². The molecule has 23 heavy (non-hydrogen) atoms. The zero-order valence-electron chi connectivity index (χ0n) is 11.9. The molecule has 3 rings (SSSR count). The van der Waals surface area contributed by atoms with Crippen LogP contribution in [0.15, 0.2) is 29.4 Å². The van der Waals surface area contributed by atoms with Gasteiger partial charge in [-0.05, 0) is 25.0 Å². The van der Waals surface area contributed by atoms with Crippen LogP contribution in [0.4, 0.5) is 5.95 Å². The predicted octanol–water partition coefficient (Wildman–Crippen LogP) is 2.79. The van der Waals surface area contributed by atoms with E-state index in [0.29, 0.717) is 36.2 Å². The van der Waals surface area contributed by atoms with Crippen molar-refractivity contribution in [3.05, 3.63) is 33.2 Å². The molecule has 0 bridgehead atoms. The number of rotatable bonds is 4. The van der Waals surface area contributed by atoms with Crippen molar-refractivity contribution in [2.75, 3.05) is 18.0 Å². The molecule has 0 amide bonds. The third-order valence-electron chi connectivity index (χ3n) is 3.57. The van der Waals surface area contributed by atoms with E-state index in [1.165, 1.54) is 6.07 Å². The molecule has 2 aromatic rings. The maximum Gasteiger partial charge on any atom is 0.243 e. The predicted molar refractivity (Wildman–Crippen MR) is 91.9 cm³/mol. The Morgan fingerprint density at radius 3 is 2.43 bits per heavy atom. The van der Waals surface area contributed by atoms with Crippen LogP contribution in [-0.4, -0.2) is 37.5 Å². The van der Waals surface area contributed by atoms with E-state index < -0.39 is 10.0 Å². The first-order valence-electron chi connectivity index (χ1n) is 6.95. The molecule has 1 aliphatic heterocycles. The van der Waals surface area contributed by atoms with Crippen LogP contribution < -0.4 is 9.62 Å². The fraction of sp³-hybridized carbons (Fsp3) is 0.385. The number of halogens is 2. The zero-order chi connectivity index (χ0) is 16.4. The summed E-state index contributed by atoms with van der Waals surface area (Å²) in [5.74, 6) is 0.668. The Morgan fingerprint density at radius 1 is 1.22 bits per heavy atom. The highest BCUT2D eigenvalue weighted by Crippen LogP contribution is 2.34. The van der Waals surface area contributed by atoms with Crippen molar-refractivity contribution in [1.82, 2.24) is 14.7 Å². The summed E-state index contributed by atoms with van der Waals surface area (Å²) in [6, 6.07) is 3.00. The van der Waals surface area contributed by atoms with E-state index in [1.54, 1.807) is 18.5 Å². The average Bonchev–Trinajstić information content (AvgIpc) is 2.88. The van der Waals surface area contributed by atoms with Gasteiger partial charge in [-0.2, -0.15) is 0 Å². The molecule has 1 N–H and O–H groups in total. The highest BCUT2D eigenvalue weighted by molar-refractivity contribution is 7.89. The fourth-order valence-corrected chi connectivity index (χ4v) is 5.90. The van der Waals surface area contributed by atoms with Crippen molar-refractivity contribution in [1.29, 1.82) is 0 Å². The number of nitrogens with zero attached hydrogens (tertiary/aromatic N) is 3. The van der Waals surface area contributed by atoms with Crippen LogP contribution in [-0.2, 0) is 10.0 Å². The van der Waals surface area contributed by atoms with Crippen molar-refractivity contribution in [3.63, 3.8) is 0 Å². The minimum atomic E-state index is -3.66. The van der Waals surface area contributed by atoms with Gasteiger partial charge in [-0.3, -0.25) is 0 Å². The molecule has 10 heteroatoms. The number of thiophene rings is 1. The second kappa shape index (κ2) is 6.90. The zero-order valence-corrected chi connectivity index (χ0v) is 15.1. The Kier molecular flexibility index (Phi) is 5.07. The minimum absolute atomic E-state index is 0.0444. The molecular formula is C13H14Cl2N4O2S2. The van der Waals surface area contributed by atoms with E-state index in [0.717, 1.165) is 11.3 Å². The van der Waals surface area contributed by atoms with Crippen LogP contribution in [0.1, 0.15) is 12.8 Å². The van der Waals surface area contributed by atoms with Gasteiger partial charge < -0.3 is 4.90 Å². The van der Waals surface area contributed by atoms with Crippen molar-refractivity contribution in [2.24, 2.45) is 0 Å². The summed E-state index contributed by atoms with van der Waals surface area (Å²) in [7, 11) is -3.66. The fourth-order valence-electron chi connectivity index (χ4n) is 2.44. The number of anilines is 1. The highest BCUT2D eigenvalue weighted by Gasteiger charge is 2.27. The van der Waals surface area contributed by atoms with Gasteiger partial charge >= 0.3 is 0 Å². The molecule has 1 aliphatic rings. The van der Waals surface area contributed by atoms with Gasteiger partial charge in [0.15, 0.2) is 0 Å². The van der Waals surface area contributed by atoms with Gasteiger partial charge in [0.05, 0.1) is 4.34 Å². The SMILES string of the molecule is O=S(=O)(NC1CCN(c2ncccn2)CC1)c1cc(Cl)sc1Cl. The molecule has 124 valence electrons. The second-order valence-electron chi connectivity index (χ2n) is 5.12. The van der Waals surface area contributed by atoms with Gasteiger partial charge in [-0.25, -0.2) is 23.1 Å². The van der Waals surface area contributed by atoms with E-state index in [2.05, 4.69) is 14.7 Å². The summed E-state index contributed by atoms with van der Waals surface area (Å²) in [5.41, 5.74) is 0. The summed E-state index contributed by atoms with van der Waals surface area (Å²) in [5, 5.41) is 0. The lowest BCUT2D eigenvalue weighted by Crippen LogP contribution is -2.45. The number of aromatic nitrogens is 2. The third kappa shape index (κ3) is 3.95. The monoisotopic (exact) mass is 392 g/mol. The molecule has 0 aromatic carbocycles. The van der Waals surface area contributed by atoms with Gasteiger partial charge in [-0.15, -0.1) is 11.3 Å². The Labute approximate surface area is 148 Å². The van der Waals surface area contributed by atoms with E-state index in [1.807, 2.05) is 4.90 Å².